The first-order chi connectivity index (χ1) is 15.9. The molecule has 2 heterocycles. The van der Waals surface area contributed by atoms with Crippen molar-refractivity contribution in [2.24, 2.45) is 11.8 Å². The molecule has 2 aliphatic rings. The highest BCUT2D eigenvalue weighted by Crippen LogP contribution is 2.22. The monoisotopic (exact) mass is 493 g/mol. The van der Waals surface area contributed by atoms with Crippen LogP contribution in [0.25, 0.3) is 0 Å². The first-order valence-corrected chi connectivity index (χ1v) is 11.7. The number of Topliss-reactive ketones (excluding diaryl/α,β-unsaturated/α-hetero) is 1. The van der Waals surface area contributed by atoms with Gasteiger partial charge >= 0.3 is 6.36 Å². The maximum absolute atomic E-state index is 13.2. The first-order valence-electron chi connectivity index (χ1n) is 11.7. The molecule has 4 unspecified atom stereocenters. The number of likely N-dealkylation sites (tertiary alicyclic amines) is 1. The third-order valence-electron chi connectivity index (χ3n) is 6.08. The Hall–Kier alpha value is -2.21. The molecule has 194 valence electrons. The molecule has 2 rings (SSSR count). The number of nitrogens with one attached hydrogen (secondary N) is 2. The number of aliphatic hydroxyl groups is 1. The Kier molecular flexibility index (Phi) is 10.3. The summed E-state index contributed by atoms with van der Waals surface area (Å²) in [4.78, 5) is 51.8. The van der Waals surface area contributed by atoms with Gasteiger partial charge in [0.2, 0.25) is 11.8 Å². The molecule has 12 heteroatoms. The van der Waals surface area contributed by atoms with E-state index in [0.29, 0.717) is 25.8 Å². The highest BCUT2D eigenvalue weighted by atomic mass is 19.4. The van der Waals surface area contributed by atoms with Crippen LogP contribution in [-0.2, 0) is 23.9 Å². The molecule has 0 bridgehead atoms. The Morgan fingerprint density at radius 1 is 1.21 bits per heavy atom. The zero-order valence-electron chi connectivity index (χ0n) is 19.5. The average molecular weight is 494 g/mol. The number of aliphatic hydroxyl groups excluding tert-OH is 1. The van der Waals surface area contributed by atoms with Crippen LogP contribution >= 0.6 is 0 Å². The van der Waals surface area contributed by atoms with Crippen molar-refractivity contribution in [2.45, 2.75) is 83.3 Å². The van der Waals surface area contributed by atoms with Crippen molar-refractivity contribution in [1.29, 1.82) is 0 Å². The number of rotatable bonds is 10. The fourth-order valence-corrected chi connectivity index (χ4v) is 4.33. The first kappa shape index (κ1) is 28.0. The summed E-state index contributed by atoms with van der Waals surface area (Å²) in [7, 11) is 0. The molecule has 0 aromatic rings. The van der Waals surface area contributed by atoms with Gasteiger partial charge in [0.05, 0.1) is 6.04 Å². The lowest BCUT2D eigenvalue weighted by Gasteiger charge is -2.32. The summed E-state index contributed by atoms with van der Waals surface area (Å²) in [5.41, 5.74) is 0. The van der Waals surface area contributed by atoms with Crippen molar-refractivity contribution in [1.82, 2.24) is 15.5 Å². The number of ketones is 1. The van der Waals surface area contributed by atoms with Gasteiger partial charge in [0, 0.05) is 19.0 Å². The van der Waals surface area contributed by atoms with Gasteiger partial charge in [-0.2, -0.15) is 0 Å². The standard InChI is InChI=1S/C22H34F3N3O6/c1-13(2)10-17(29)21(33)28-9-5-3-4-6-16(28)20(32)27-15(11-14-7-8-26-19(14)31)18(30)12-34-22(23,24)25/h13-17,29H,3-12H2,1-2H3,(H,26,31)(H,27,32). The molecular weight excluding hydrogens is 459 g/mol. The molecule has 0 aromatic carbocycles. The van der Waals surface area contributed by atoms with Crippen LogP contribution in [0.5, 0.6) is 0 Å². The summed E-state index contributed by atoms with van der Waals surface area (Å²) in [6.07, 6.45) is -3.57. The maximum Gasteiger partial charge on any atom is 0.522 e. The van der Waals surface area contributed by atoms with E-state index in [2.05, 4.69) is 15.4 Å². The molecule has 0 aromatic heterocycles. The Morgan fingerprint density at radius 3 is 2.50 bits per heavy atom. The highest BCUT2D eigenvalue weighted by Gasteiger charge is 2.38. The number of hydrogen-bond donors (Lipinski definition) is 3. The third-order valence-corrected chi connectivity index (χ3v) is 6.08. The predicted octanol–water partition coefficient (Wildman–Crippen LogP) is 1.28. The van der Waals surface area contributed by atoms with Gasteiger partial charge in [0.15, 0.2) is 5.78 Å². The zero-order chi connectivity index (χ0) is 25.5. The maximum atomic E-state index is 13.2. The Balaban J connectivity index is 2.17. The quantitative estimate of drug-likeness (QED) is 0.421. The third kappa shape index (κ3) is 8.53. The lowest BCUT2D eigenvalue weighted by Crippen LogP contribution is -2.55. The summed E-state index contributed by atoms with van der Waals surface area (Å²) in [6, 6.07) is -2.36. The van der Waals surface area contributed by atoms with Gasteiger partial charge in [-0.15, -0.1) is 13.2 Å². The van der Waals surface area contributed by atoms with E-state index in [1.165, 1.54) is 4.90 Å². The average Bonchev–Trinajstić information content (AvgIpc) is 2.99. The number of alkyl halides is 3. The molecule has 0 radical (unpaired) electrons. The molecule has 0 aliphatic carbocycles. The number of carbonyl (C=O) groups is 4. The lowest BCUT2D eigenvalue weighted by molar-refractivity contribution is -0.321. The molecular formula is C22H34F3N3O6. The predicted molar refractivity (Wildman–Crippen MR) is 114 cm³/mol. The van der Waals surface area contributed by atoms with Crippen LogP contribution < -0.4 is 10.6 Å². The minimum atomic E-state index is -5.02. The van der Waals surface area contributed by atoms with Crippen LogP contribution in [0.2, 0.25) is 0 Å². The molecule has 0 saturated carbocycles. The molecule has 9 nitrogen and oxygen atoms in total. The van der Waals surface area contributed by atoms with Gasteiger partial charge < -0.3 is 20.6 Å². The number of hydrogen-bond acceptors (Lipinski definition) is 6. The van der Waals surface area contributed by atoms with E-state index in [0.717, 1.165) is 6.42 Å². The van der Waals surface area contributed by atoms with E-state index in [-0.39, 0.29) is 37.6 Å². The topological polar surface area (TPSA) is 125 Å². The van der Waals surface area contributed by atoms with E-state index in [9.17, 15) is 37.5 Å². The molecule has 2 fully saturated rings. The summed E-state index contributed by atoms with van der Waals surface area (Å²) in [5, 5.41) is 15.4. The van der Waals surface area contributed by atoms with Crippen molar-refractivity contribution < 1.29 is 42.2 Å². The van der Waals surface area contributed by atoms with E-state index < -0.39 is 54.7 Å². The van der Waals surface area contributed by atoms with Crippen molar-refractivity contribution in [3.05, 3.63) is 0 Å². The summed E-state index contributed by atoms with van der Waals surface area (Å²) >= 11 is 0. The van der Waals surface area contributed by atoms with Crippen molar-refractivity contribution in [3.8, 4) is 0 Å². The van der Waals surface area contributed by atoms with Crippen LogP contribution in [0.4, 0.5) is 13.2 Å². The fraction of sp³-hybridized carbons (Fsp3) is 0.818. The fourth-order valence-electron chi connectivity index (χ4n) is 4.33. The Labute approximate surface area is 196 Å². The minimum Gasteiger partial charge on any atom is -0.383 e. The highest BCUT2D eigenvalue weighted by molar-refractivity contribution is 5.94. The molecule has 2 aliphatic heterocycles. The zero-order valence-corrected chi connectivity index (χ0v) is 19.5. The van der Waals surface area contributed by atoms with E-state index in [1.54, 1.807) is 0 Å². The van der Waals surface area contributed by atoms with Crippen LogP contribution in [0, 0.1) is 11.8 Å². The van der Waals surface area contributed by atoms with Gasteiger partial charge in [-0.3, -0.25) is 23.9 Å². The second-order valence-corrected chi connectivity index (χ2v) is 9.32. The summed E-state index contributed by atoms with van der Waals surface area (Å²) in [6.45, 7) is 3.01. The Morgan fingerprint density at radius 2 is 1.91 bits per heavy atom. The SMILES string of the molecule is CC(C)CC(O)C(=O)N1CCCCCC1C(=O)NC(CC1CCNC1=O)C(=O)COC(F)(F)F. The van der Waals surface area contributed by atoms with Crippen molar-refractivity contribution in [3.63, 3.8) is 0 Å². The van der Waals surface area contributed by atoms with E-state index >= 15 is 0 Å². The minimum absolute atomic E-state index is 0.0476. The Bertz CT molecular complexity index is 746. The molecule has 4 atom stereocenters. The van der Waals surface area contributed by atoms with Gasteiger partial charge in [-0.1, -0.05) is 26.7 Å². The molecule has 0 spiro atoms. The molecule has 2 saturated heterocycles. The van der Waals surface area contributed by atoms with E-state index in [4.69, 9.17) is 0 Å². The van der Waals surface area contributed by atoms with E-state index in [1.807, 2.05) is 13.8 Å². The molecule has 3 N–H and O–H groups in total. The molecule has 34 heavy (non-hydrogen) atoms. The van der Waals surface area contributed by atoms with Crippen LogP contribution in [0.15, 0.2) is 0 Å². The number of nitrogens with zero attached hydrogens (tertiary/aromatic N) is 1. The van der Waals surface area contributed by atoms with Gasteiger partial charge in [0.25, 0.3) is 5.91 Å². The van der Waals surface area contributed by atoms with Gasteiger partial charge in [-0.05, 0) is 38.0 Å². The van der Waals surface area contributed by atoms with Crippen LogP contribution in [0.1, 0.15) is 58.8 Å². The summed E-state index contributed by atoms with van der Waals surface area (Å²) < 4.78 is 41.0. The molecule has 3 amide bonds. The van der Waals surface area contributed by atoms with Gasteiger partial charge in [-0.25, -0.2) is 0 Å². The largest absolute Gasteiger partial charge is 0.522 e. The number of amides is 3. The van der Waals surface area contributed by atoms with Crippen LogP contribution in [0.3, 0.4) is 0 Å². The summed E-state index contributed by atoms with van der Waals surface area (Å²) in [5.74, 6) is -3.24. The van der Waals surface area contributed by atoms with Crippen molar-refractivity contribution in [2.75, 3.05) is 19.7 Å². The second kappa shape index (κ2) is 12.5. The number of halogens is 3. The smallest absolute Gasteiger partial charge is 0.383 e. The lowest BCUT2D eigenvalue weighted by atomic mass is 9.95. The van der Waals surface area contributed by atoms with Crippen LogP contribution in [-0.4, -0.2) is 77.8 Å². The number of carbonyl (C=O) groups excluding carboxylic acids is 4. The van der Waals surface area contributed by atoms with Crippen molar-refractivity contribution >= 4 is 23.5 Å². The van der Waals surface area contributed by atoms with Gasteiger partial charge in [0.1, 0.15) is 18.8 Å². The normalized spacial score (nSPS) is 23.3. The second-order valence-electron chi connectivity index (χ2n) is 9.32. The number of ether oxygens (including phenoxy) is 1.